The zero-order valence-electron chi connectivity index (χ0n) is 21.2. The number of sulfonamides is 1. The summed E-state index contributed by atoms with van der Waals surface area (Å²) in [6.07, 6.45) is 3.50. The number of hydrogen-bond donors (Lipinski definition) is 1. The summed E-state index contributed by atoms with van der Waals surface area (Å²) in [5.41, 5.74) is 2.80. The van der Waals surface area contributed by atoms with Gasteiger partial charge in [-0.15, -0.1) is 0 Å². The lowest BCUT2D eigenvalue weighted by Crippen LogP contribution is -2.45. The number of rotatable bonds is 6. The van der Waals surface area contributed by atoms with Gasteiger partial charge in [-0.1, -0.05) is 13.0 Å². The molecule has 2 fully saturated rings. The maximum absolute atomic E-state index is 13.4. The van der Waals surface area contributed by atoms with Gasteiger partial charge in [0.05, 0.1) is 4.90 Å². The first-order valence-corrected chi connectivity index (χ1v) is 13.9. The number of likely N-dealkylation sites (N-methyl/N-ethyl adjacent to an activating group) is 1. The molecule has 1 aromatic carbocycles. The van der Waals surface area contributed by atoms with E-state index in [2.05, 4.69) is 34.1 Å². The van der Waals surface area contributed by atoms with E-state index in [0.29, 0.717) is 36.7 Å². The maximum Gasteiger partial charge on any atom is 0.251 e. The molecule has 0 spiro atoms. The highest BCUT2D eigenvalue weighted by atomic mass is 32.2. The van der Waals surface area contributed by atoms with E-state index in [1.165, 1.54) is 6.07 Å². The summed E-state index contributed by atoms with van der Waals surface area (Å²) < 4.78 is 28.4. The van der Waals surface area contributed by atoms with E-state index in [-0.39, 0.29) is 10.8 Å². The first kappa shape index (κ1) is 25.6. The van der Waals surface area contributed by atoms with E-state index in [0.717, 1.165) is 56.0 Å². The van der Waals surface area contributed by atoms with Crippen molar-refractivity contribution in [3.8, 4) is 0 Å². The van der Waals surface area contributed by atoms with Gasteiger partial charge in [-0.25, -0.2) is 13.4 Å². The van der Waals surface area contributed by atoms with Crippen molar-refractivity contribution in [3.05, 3.63) is 52.7 Å². The smallest absolute Gasteiger partial charge is 0.251 e. The van der Waals surface area contributed by atoms with E-state index in [1.807, 2.05) is 26.0 Å². The molecule has 2 aromatic rings. The molecule has 3 heterocycles. The summed E-state index contributed by atoms with van der Waals surface area (Å²) in [5, 5.41) is 2.99. The van der Waals surface area contributed by atoms with Crippen LogP contribution in [0, 0.1) is 19.8 Å². The highest BCUT2D eigenvalue weighted by Crippen LogP contribution is 2.28. The molecule has 2 aliphatic heterocycles. The molecule has 4 rings (SSSR count). The molecule has 35 heavy (non-hydrogen) atoms. The minimum Gasteiger partial charge on any atom is -0.354 e. The SMILES string of the molecule is Cc1cc(C(=O)NCc2cccnc2N2CCN(C)CC2)cc(S(=O)(=O)N2CCC(C)CC2)c1C. The first-order chi connectivity index (χ1) is 16.7. The van der Waals surface area contributed by atoms with Gasteiger partial charge in [-0.2, -0.15) is 4.31 Å². The molecule has 0 bridgehead atoms. The van der Waals surface area contributed by atoms with Crippen molar-refractivity contribution in [2.75, 3.05) is 51.2 Å². The van der Waals surface area contributed by atoms with Crippen LogP contribution in [0.25, 0.3) is 0 Å². The molecule has 1 amide bonds. The molecule has 0 atom stereocenters. The Morgan fingerprint density at radius 2 is 1.77 bits per heavy atom. The molecule has 2 aliphatic rings. The van der Waals surface area contributed by atoms with Gasteiger partial charge >= 0.3 is 0 Å². The normalized spacial score (nSPS) is 18.6. The van der Waals surface area contributed by atoms with Gasteiger partial charge in [0.25, 0.3) is 5.91 Å². The topological polar surface area (TPSA) is 85.9 Å². The van der Waals surface area contributed by atoms with Gasteiger partial charge in [0.1, 0.15) is 5.82 Å². The zero-order chi connectivity index (χ0) is 25.2. The minimum absolute atomic E-state index is 0.233. The highest BCUT2D eigenvalue weighted by molar-refractivity contribution is 7.89. The Kier molecular flexibility index (Phi) is 7.78. The van der Waals surface area contributed by atoms with Gasteiger partial charge in [0.2, 0.25) is 10.0 Å². The summed E-state index contributed by atoms with van der Waals surface area (Å²) in [5.74, 6) is 1.14. The van der Waals surface area contributed by atoms with Crippen LogP contribution in [0.4, 0.5) is 5.82 Å². The van der Waals surface area contributed by atoms with Crippen LogP contribution < -0.4 is 10.2 Å². The number of pyridine rings is 1. The fraction of sp³-hybridized carbons (Fsp3) is 0.538. The molecule has 1 N–H and O–H groups in total. The molecule has 0 aliphatic carbocycles. The Hall–Kier alpha value is -2.49. The number of amides is 1. The fourth-order valence-corrected chi connectivity index (χ4v) is 6.53. The van der Waals surface area contributed by atoms with Crippen LogP contribution in [0.5, 0.6) is 0 Å². The summed E-state index contributed by atoms with van der Waals surface area (Å²) in [6.45, 7) is 10.9. The number of carbonyl (C=O) groups is 1. The second-order valence-corrected chi connectivity index (χ2v) is 11.9. The molecular formula is C26H37N5O3S. The quantitative estimate of drug-likeness (QED) is 0.658. The summed E-state index contributed by atoms with van der Waals surface area (Å²) >= 11 is 0. The number of piperidine rings is 1. The van der Waals surface area contributed by atoms with Crippen molar-refractivity contribution in [2.24, 2.45) is 5.92 Å². The molecular weight excluding hydrogens is 462 g/mol. The minimum atomic E-state index is -3.65. The van der Waals surface area contributed by atoms with Crippen LogP contribution >= 0.6 is 0 Å². The van der Waals surface area contributed by atoms with Gasteiger partial charge < -0.3 is 15.1 Å². The molecule has 0 radical (unpaired) electrons. The lowest BCUT2D eigenvalue weighted by atomic mass is 10.0. The largest absolute Gasteiger partial charge is 0.354 e. The number of carbonyl (C=O) groups excluding carboxylic acids is 1. The van der Waals surface area contributed by atoms with Gasteiger partial charge in [-0.3, -0.25) is 4.79 Å². The van der Waals surface area contributed by atoms with Crippen LogP contribution in [0.3, 0.4) is 0 Å². The highest BCUT2D eigenvalue weighted by Gasteiger charge is 2.30. The van der Waals surface area contributed by atoms with Gasteiger partial charge in [-0.05, 0) is 69.0 Å². The summed E-state index contributed by atoms with van der Waals surface area (Å²) in [4.78, 5) is 22.5. The van der Waals surface area contributed by atoms with Crippen LogP contribution in [0.2, 0.25) is 0 Å². The Morgan fingerprint density at radius 1 is 1.09 bits per heavy atom. The van der Waals surface area contributed by atoms with E-state index >= 15 is 0 Å². The van der Waals surface area contributed by atoms with Crippen molar-refractivity contribution >= 4 is 21.7 Å². The predicted octanol–water partition coefficient (Wildman–Crippen LogP) is 2.80. The number of aryl methyl sites for hydroxylation is 1. The van der Waals surface area contributed by atoms with Crippen molar-refractivity contribution in [3.63, 3.8) is 0 Å². The second-order valence-electron chi connectivity index (χ2n) is 9.96. The lowest BCUT2D eigenvalue weighted by Gasteiger charge is -2.34. The molecule has 2 saturated heterocycles. The fourth-order valence-electron chi connectivity index (χ4n) is 4.74. The third kappa shape index (κ3) is 5.68. The number of nitrogens with one attached hydrogen (secondary N) is 1. The Bertz CT molecular complexity index is 1170. The van der Waals surface area contributed by atoms with E-state index < -0.39 is 10.0 Å². The average Bonchev–Trinajstić information content (AvgIpc) is 2.85. The van der Waals surface area contributed by atoms with Crippen LogP contribution in [0.1, 0.15) is 46.8 Å². The second kappa shape index (κ2) is 10.6. The first-order valence-electron chi connectivity index (χ1n) is 12.4. The average molecular weight is 500 g/mol. The third-order valence-electron chi connectivity index (χ3n) is 7.35. The van der Waals surface area contributed by atoms with Crippen molar-refractivity contribution in [2.45, 2.75) is 45.1 Å². The number of aromatic nitrogens is 1. The standard InChI is InChI=1S/C26H37N5O3S/c1-19-7-10-31(11-8-19)35(33,34)24-17-23(16-20(2)21(24)3)26(32)28-18-22-6-5-9-27-25(22)30-14-12-29(4)13-15-30/h5-6,9,16-17,19H,7-8,10-15,18H2,1-4H3,(H,28,32). The molecule has 190 valence electrons. The van der Waals surface area contributed by atoms with Crippen LogP contribution in [0.15, 0.2) is 35.4 Å². The molecule has 9 heteroatoms. The van der Waals surface area contributed by atoms with Crippen LogP contribution in [-0.2, 0) is 16.6 Å². The number of nitrogens with zero attached hydrogens (tertiary/aromatic N) is 4. The van der Waals surface area contributed by atoms with Crippen LogP contribution in [-0.4, -0.2) is 74.8 Å². The zero-order valence-corrected chi connectivity index (χ0v) is 22.1. The van der Waals surface area contributed by atoms with Gasteiger partial charge in [0.15, 0.2) is 0 Å². The number of piperazine rings is 1. The number of benzene rings is 1. The van der Waals surface area contributed by atoms with Crippen molar-refractivity contribution < 1.29 is 13.2 Å². The summed E-state index contributed by atoms with van der Waals surface area (Å²) in [6, 6.07) is 7.16. The molecule has 0 saturated carbocycles. The Morgan fingerprint density at radius 3 is 2.46 bits per heavy atom. The van der Waals surface area contributed by atoms with E-state index in [1.54, 1.807) is 16.6 Å². The number of anilines is 1. The van der Waals surface area contributed by atoms with Gasteiger partial charge in [0, 0.05) is 63.1 Å². The maximum atomic E-state index is 13.4. The summed E-state index contributed by atoms with van der Waals surface area (Å²) in [7, 11) is -1.54. The number of hydrogen-bond acceptors (Lipinski definition) is 6. The lowest BCUT2D eigenvalue weighted by molar-refractivity contribution is 0.0950. The molecule has 1 aromatic heterocycles. The Labute approximate surface area is 209 Å². The third-order valence-corrected chi connectivity index (χ3v) is 9.38. The Balaban J connectivity index is 1.52. The monoisotopic (exact) mass is 499 g/mol. The van der Waals surface area contributed by atoms with Crippen molar-refractivity contribution in [1.29, 1.82) is 0 Å². The van der Waals surface area contributed by atoms with E-state index in [9.17, 15) is 13.2 Å². The molecule has 8 nitrogen and oxygen atoms in total. The molecule has 0 unspecified atom stereocenters. The van der Waals surface area contributed by atoms with E-state index in [4.69, 9.17) is 0 Å². The van der Waals surface area contributed by atoms with Crippen molar-refractivity contribution in [1.82, 2.24) is 19.5 Å². The predicted molar refractivity (Wildman–Crippen MR) is 138 cm³/mol.